The van der Waals surface area contributed by atoms with E-state index >= 15 is 0 Å². The molecule has 0 aliphatic heterocycles. The van der Waals surface area contributed by atoms with Gasteiger partial charge in [-0.2, -0.15) is 0 Å². The molecule has 0 saturated carbocycles. The summed E-state index contributed by atoms with van der Waals surface area (Å²) in [6.07, 6.45) is 3.84. The van der Waals surface area contributed by atoms with E-state index in [2.05, 4.69) is 0 Å². The van der Waals surface area contributed by atoms with Gasteiger partial charge in [0.15, 0.2) is 0 Å². The van der Waals surface area contributed by atoms with E-state index in [1.807, 2.05) is 78.9 Å². The lowest BCUT2D eigenvalue weighted by Gasteiger charge is -2.15. The van der Waals surface area contributed by atoms with Gasteiger partial charge in [-0.15, -0.1) is 0 Å². The van der Waals surface area contributed by atoms with E-state index in [-0.39, 0.29) is 0 Å². The number of aliphatic hydroxyl groups is 1. The van der Waals surface area contributed by atoms with Crippen molar-refractivity contribution in [1.29, 1.82) is 0 Å². The Labute approximate surface area is 148 Å². The van der Waals surface area contributed by atoms with Crippen molar-refractivity contribution in [1.82, 2.24) is 0 Å². The van der Waals surface area contributed by atoms with E-state index < -0.39 is 6.10 Å². The van der Waals surface area contributed by atoms with Crippen molar-refractivity contribution >= 4 is 23.5 Å². The highest BCUT2D eigenvalue weighted by atomic mass is 16.3. The van der Waals surface area contributed by atoms with Crippen LogP contribution in [0, 0.1) is 0 Å². The number of benzene rings is 3. The van der Waals surface area contributed by atoms with Crippen LogP contribution in [0.1, 0.15) is 28.4 Å². The lowest BCUT2D eigenvalue weighted by atomic mass is 9.95. The molecule has 0 fully saturated rings. The summed E-state index contributed by atoms with van der Waals surface area (Å²) >= 11 is 0. The number of nitrogen functional groups attached to an aromatic ring is 2. The summed E-state index contributed by atoms with van der Waals surface area (Å²) in [5.41, 5.74) is 17.2. The van der Waals surface area contributed by atoms with Crippen molar-refractivity contribution < 1.29 is 5.11 Å². The highest BCUT2D eigenvalue weighted by Crippen LogP contribution is 2.28. The number of rotatable bonds is 5. The van der Waals surface area contributed by atoms with Crippen molar-refractivity contribution in [3.05, 3.63) is 95.1 Å². The fourth-order valence-electron chi connectivity index (χ4n) is 2.88. The zero-order valence-corrected chi connectivity index (χ0v) is 14.0. The molecule has 1 atom stereocenters. The molecule has 1 unspecified atom stereocenters. The Bertz CT molecular complexity index is 858. The Morgan fingerprint density at radius 1 is 0.840 bits per heavy atom. The van der Waals surface area contributed by atoms with Crippen LogP contribution in [0.25, 0.3) is 12.2 Å². The molecule has 126 valence electrons. The van der Waals surface area contributed by atoms with Crippen LogP contribution in [-0.4, -0.2) is 5.11 Å². The van der Waals surface area contributed by atoms with Gasteiger partial charge in [-0.1, -0.05) is 72.8 Å². The van der Waals surface area contributed by atoms with Crippen LogP contribution >= 0.6 is 0 Å². The highest BCUT2D eigenvalue weighted by molar-refractivity contribution is 5.79. The smallest absolute Gasteiger partial charge is 0.0830 e. The van der Waals surface area contributed by atoms with E-state index in [4.69, 9.17) is 11.5 Å². The zero-order chi connectivity index (χ0) is 17.6. The normalized spacial score (nSPS) is 12.4. The number of anilines is 2. The quantitative estimate of drug-likeness (QED) is 0.482. The third kappa shape index (κ3) is 4.28. The maximum Gasteiger partial charge on any atom is 0.0830 e. The molecule has 3 aromatic carbocycles. The molecule has 0 spiro atoms. The van der Waals surface area contributed by atoms with Crippen molar-refractivity contribution in [3.63, 3.8) is 0 Å². The van der Waals surface area contributed by atoms with Crippen LogP contribution in [0.15, 0.2) is 72.8 Å². The SMILES string of the molecule is Nc1cc(N)c(C=Cc2ccccc2)c(CC(O)c2ccccc2)c1. The maximum absolute atomic E-state index is 10.6. The summed E-state index contributed by atoms with van der Waals surface area (Å²) in [6.45, 7) is 0. The van der Waals surface area contributed by atoms with Crippen molar-refractivity contribution in [2.75, 3.05) is 11.5 Å². The summed E-state index contributed by atoms with van der Waals surface area (Å²) in [6, 6.07) is 23.3. The number of hydrogen-bond donors (Lipinski definition) is 3. The molecule has 0 aromatic heterocycles. The molecule has 3 nitrogen and oxygen atoms in total. The molecule has 3 rings (SSSR count). The minimum atomic E-state index is -0.605. The lowest BCUT2D eigenvalue weighted by Crippen LogP contribution is -2.06. The second-order valence-electron chi connectivity index (χ2n) is 6.06. The van der Waals surface area contributed by atoms with Crippen molar-refractivity contribution in [2.24, 2.45) is 0 Å². The second-order valence-corrected chi connectivity index (χ2v) is 6.06. The molecular formula is C22H22N2O. The molecule has 5 N–H and O–H groups in total. The molecular weight excluding hydrogens is 308 g/mol. The molecule has 0 aliphatic rings. The van der Waals surface area contributed by atoms with Gasteiger partial charge in [-0.25, -0.2) is 0 Å². The summed E-state index contributed by atoms with van der Waals surface area (Å²) in [4.78, 5) is 0. The first-order chi connectivity index (χ1) is 12.1. The number of hydrogen-bond acceptors (Lipinski definition) is 3. The van der Waals surface area contributed by atoms with Gasteiger partial charge in [0.1, 0.15) is 0 Å². The van der Waals surface area contributed by atoms with Gasteiger partial charge in [0.25, 0.3) is 0 Å². The van der Waals surface area contributed by atoms with Gasteiger partial charge in [0.2, 0.25) is 0 Å². The van der Waals surface area contributed by atoms with Gasteiger partial charge in [-0.3, -0.25) is 0 Å². The summed E-state index contributed by atoms with van der Waals surface area (Å²) in [5, 5.41) is 10.6. The molecule has 3 heteroatoms. The molecule has 0 saturated heterocycles. The van der Waals surface area contributed by atoms with Crippen LogP contribution in [0.3, 0.4) is 0 Å². The van der Waals surface area contributed by atoms with Gasteiger partial charge >= 0.3 is 0 Å². The minimum Gasteiger partial charge on any atom is -0.399 e. The standard InChI is InChI=1S/C22H22N2O/c23-19-13-18(14-22(25)17-9-5-2-6-10-17)20(21(24)15-19)12-11-16-7-3-1-4-8-16/h1-13,15,22,25H,14,23-24H2. The first-order valence-electron chi connectivity index (χ1n) is 8.27. The molecule has 0 bridgehead atoms. The summed E-state index contributed by atoms with van der Waals surface area (Å²) < 4.78 is 0. The lowest BCUT2D eigenvalue weighted by molar-refractivity contribution is 0.178. The maximum atomic E-state index is 10.6. The Balaban J connectivity index is 1.91. The van der Waals surface area contributed by atoms with Crippen molar-refractivity contribution in [3.8, 4) is 0 Å². The van der Waals surface area contributed by atoms with Crippen LogP contribution in [-0.2, 0) is 6.42 Å². The second kappa shape index (κ2) is 7.69. The third-order valence-electron chi connectivity index (χ3n) is 4.16. The van der Waals surface area contributed by atoms with E-state index in [0.717, 1.165) is 22.3 Å². The first kappa shape index (κ1) is 16.8. The Hall–Kier alpha value is -3.04. The van der Waals surface area contributed by atoms with Crippen LogP contribution in [0.2, 0.25) is 0 Å². The highest BCUT2D eigenvalue weighted by Gasteiger charge is 2.13. The molecule has 3 aromatic rings. The monoisotopic (exact) mass is 330 g/mol. The molecule has 0 aliphatic carbocycles. The Morgan fingerprint density at radius 3 is 2.16 bits per heavy atom. The van der Waals surface area contributed by atoms with Gasteiger partial charge in [0, 0.05) is 23.4 Å². The van der Waals surface area contributed by atoms with Gasteiger partial charge in [-0.05, 0) is 28.8 Å². The average Bonchev–Trinajstić information content (AvgIpc) is 2.62. The average molecular weight is 330 g/mol. The van der Waals surface area contributed by atoms with Crippen molar-refractivity contribution in [2.45, 2.75) is 12.5 Å². The first-order valence-corrected chi connectivity index (χ1v) is 8.27. The topological polar surface area (TPSA) is 72.3 Å². The van der Waals surface area contributed by atoms with E-state index in [1.165, 1.54) is 0 Å². The van der Waals surface area contributed by atoms with Gasteiger partial charge < -0.3 is 16.6 Å². The predicted molar refractivity (Wildman–Crippen MR) is 106 cm³/mol. The fraction of sp³-hybridized carbons (Fsp3) is 0.0909. The third-order valence-corrected chi connectivity index (χ3v) is 4.16. The van der Waals surface area contributed by atoms with E-state index in [0.29, 0.717) is 17.8 Å². The molecule has 0 heterocycles. The predicted octanol–water partition coefficient (Wildman–Crippen LogP) is 4.30. The zero-order valence-electron chi connectivity index (χ0n) is 14.0. The van der Waals surface area contributed by atoms with Gasteiger partial charge in [0.05, 0.1) is 6.10 Å². The minimum absolute atomic E-state index is 0.452. The Morgan fingerprint density at radius 2 is 1.48 bits per heavy atom. The largest absolute Gasteiger partial charge is 0.399 e. The molecule has 25 heavy (non-hydrogen) atoms. The summed E-state index contributed by atoms with van der Waals surface area (Å²) in [7, 11) is 0. The Kier molecular flexibility index (Phi) is 5.17. The summed E-state index contributed by atoms with van der Waals surface area (Å²) in [5.74, 6) is 0. The molecule has 0 radical (unpaired) electrons. The number of aliphatic hydroxyl groups excluding tert-OH is 1. The van der Waals surface area contributed by atoms with Crippen LogP contribution in [0.5, 0.6) is 0 Å². The van der Waals surface area contributed by atoms with E-state index in [9.17, 15) is 5.11 Å². The fourth-order valence-corrected chi connectivity index (χ4v) is 2.88. The van der Waals surface area contributed by atoms with E-state index in [1.54, 1.807) is 6.07 Å². The number of nitrogens with two attached hydrogens (primary N) is 2. The molecule has 0 amide bonds. The van der Waals surface area contributed by atoms with Crippen LogP contribution in [0.4, 0.5) is 11.4 Å². The van der Waals surface area contributed by atoms with Crippen LogP contribution < -0.4 is 11.5 Å².